The number of nitrogens with zero attached hydrogens (tertiary/aromatic N) is 1. The molecule has 3 nitrogen and oxygen atoms in total. The average molecular weight is 242 g/mol. The van der Waals surface area contributed by atoms with Gasteiger partial charge in [-0.3, -0.25) is 4.79 Å². The zero-order valence-corrected chi connectivity index (χ0v) is 10.6. The fraction of sp³-hybridized carbons (Fsp3) is 0.267. The van der Waals surface area contributed by atoms with Gasteiger partial charge in [0.05, 0.1) is 0 Å². The van der Waals surface area contributed by atoms with Gasteiger partial charge in [-0.15, -0.1) is 0 Å². The van der Waals surface area contributed by atoms with E-state index in [2.05, 4.69) is 12.2 Å². The van der Waals surface area contributed by atoms with Crippen LogP contribution in [0, 0.1) is 0 Å². The first-order valence-corrected chi connectivity index (χ1v) is 6.33. The summed E-state index contributed by atoms with van der Waals surface area (Å²) in [6.45, 7) is 2.85. The molecule has 0 atom stereocenters. The second-order valence-electron chi connectivity index (χ2n) is 4.25. The lowest BCUT2D eigenvalue weighted by Gasteiger charge is -2.07. The molecule has 0 aliphatic rings. The molecule has 0 unspecified atom stereocenters. The Labute approximate surface area is 107 Å². The Bertz CT molecular complexity index is 503. The number of hydrogen-bond donors (Lipinski definition) is 1. The summed E-state index contributed by atoms with van der Waals surface area (Å²) in [5.41, 5.74) is 1.71. The lowest BCUT2D eigenvalue weighted by molar-refractivity contribution is 0.0953. The van der Waals surface area contributed by atoms with Gasteiger partial charge < -0.3 is 9.88 Å². The maximum absolute atomic E-state index is 11.9. The minimum atomic E-state index is -0.00236. The molecular weight excluding hydrogens is 224 g/mol. The number of amides is 1. The van der Waals surface area contributed by atoms with E-state index in [0.717, 1.165) is 25.1 Å². The van der Waals surface area contributed by atoms with Crippen LogP contribution in [-0.4, -0.2) is 17.0 Å². The highest BCUT2D eigenvalue weighted by atomic mass is 16.1. The quantitative estimate of drug-likeness (QED) is 0.803. The molecule has 0 bridgehead atoms. The van der Waals surface area contributed by atoms with E-state index in [4.69, 9.17) is 0 Å². The van der Waals surface area contributed by atoms with Crippen molar-refractivity contribution >= 4 is 5.91 Å². The molecule has 1 aromatic heterocycles. The molecule has 0 aliphatic carbocycles. The van der Waals surface area contributed by atoms with Crippen molar-refractivity contribution in [2.24, 2.45) is 0 Å². The lowest BCUT2D eigenvalue weighted by atomic mass is 10.2. The van der Waals surface area contributed by atoms with Crippen LogP contribution in [0.1, 0.15) is 30.1 Å². The number of carbonyl (C=O) groups excluding carboxylic acids is 1. The van der Waals surface area contributed by atoms with E-state index < -0.39 is 0 Å². The highest BCUT2D eigenvalue weighted by molar-refractivity contribution is 5.94. The zero-order chi connectivity index (χ0) is 12.8. The number of hydrogen-bond acceptors (Lipinski definition) is 1. The monoisotopic (exact) mass is 242 g/mol. The van der Waals surface area contributed by atoms with Gasteiger partial charge in [-0.25, -0.2) is 0 Å². The van der Waals surface area contributed by atoms with E-state index in [-0.39, 0.29) is 5.91 Å². The molecule has 0 saturated heterocycles. The smallest absolute Gasteiger partial charge is 0.251 e. The summed E-state index contributed by atoms with van der Waals surface area (Å²) in [4.78, 5) is 11.9. The van der Waals surface area contributed by atoms with Crippen molar-refractivity contribution in [3.63, 3.8) is 0 Å². The molecule has 0 aliphatic heterocycles. The molecule has 1 N–H and O–H groups in total. The molecule has 1 aromatic carbocycles. The first-order valence-electron chi connectivity index (χ1n) is 6.33. The molecule has 94 valence electrons. The van der Waals surface area contributed by atoms with Gasteiger partial charge in [-0.05, 0) is 36.8 Å². The van der Waals surface area contributed by atoms with Crippen LogP contribution in [0.5, 0.6) is 0 Å². The third kappa shape index (κ3) is 3.00. The van der Waals surface area contributed by atoms with Gasteiger partial charge in [-0.1, -0.05) is 19.4 Å². The SMILES string of the molecule is CCCCNC(=O)c1cccc(-n2cccc2)c1. The average Bonchev–Trinajstić information content (AvgIpc) is 2.93. The Morgan fingerprint density at radius 3 is 2.72 bits per heavy atom. The highest BCUT2D eigenvalue weighted by Crippen LogP contribution is 2.10. The van der Waals surface area contributed by atoms with E-state index >= 15 is 0 Å². The lowest BCUT2D eigenvalue weighted by Crippen LogP contribution is -2.24. The molecule has 0 saturated carbocycles. The normalized spacial score (nSPS) is 10.3. The zero-order valence-electron chi connectivity index (χ0n) is 10.6. The van der Waals surface area contributed by atoms with E-state index in [1.54, 1.807) is 0 Å². The van der Waals surface area contributed by atoms with E-state index in [1.165, 1.54) is 0 Å². The summed E-state index contributed by atoms with van der Waals surface area (Å²) in [6, 6.07) is 11.6. The van der Waals surface area contributed by atoms with Crippen LogP contribution in [0.3, 0.4) is 0 Å². The summed E-state index contributed by atoms with van der Waals surface area (Å²) in [5, 5.41) is 2.92. The van der Waals surface area contributed by atoms with Crippen LogP contribution in [0.4, 0.5) is 0 Å². The fourth-order valence-corrected chi connectivity index (χ4v) is 1.80. The molecule has 0 radical (unpaired) electrons. The molecule has 2 rings (SSSR count). The van der Waals surface area contributed by atoms with Crippen LogP contribution in [-0.2, 0) is 0 Å². The fourth-order valence-electron chi connectivity index (χ4n) is 1.80. The van der Waals surface area contributed by atoms with Gasteiger partial charge in [0.15, 0.2) is 0 Å². The number of benzene rings is 1. The molecule has 0 fully saturated rings. The Morgan fingerprint density at radius 1 is 1.22 bits per heavy atom. The van der Waals surface area contributed by atoms with Crippen LogP contribution in [0.25, 0.3) is 5.69 Å². The molecular formula is C15H18N2O. The second-order valence-corrected chi connectivity index (χ2v) is 4.25. The minimum absolute atomic E-state index is 0.00236. The largest absolute Gasteiger partial charge is 0.352 e. The number of carbonyl (C=O) groups is 1. The first-order chi connectivity index (χ1) is 8.81. The summed E-state index contributed by atoms with van der Waals surface area (Å²) in [7, 11) is 0. The Morgan fingerprint density at radius 2 is 2.00 bits per heavy atom. The summed E-state index contributed by atoms with van der Waals surface area (Å²) < 4.78 is 1.99. The van der Waals surface area contributed by atoms with Gasteiger partial charge >= 0.3 is 0 Å². The van der Waals surface area contributed by atoms with Gasteiger partial charge in [0.1, 0.15) is 0 Å². The second kappa shape index (κ2) is 6.05. The van der Waals surface area contributed by atoms with E-state index in [9.17, 15) is 4.79 Å². The number of rotatable bonds is 5. The number of aromatic nitrogens is 1. The van der Waals surface area contributed by atoms with Crippen LogP contribution in [0.15, 0.2) is 48.8 Å². The van der Waals surface area contributed by atoms with Gasteiger partial charge in [0, 0.05) is 30.2 Å². The standard InChI is InChI=1S/C15H18N2O/c1-2-3-9-16-15(18)13-7-6-8-14(12-13)17-10-4-5-11-17/h4-8,10-12H,2-3,9H2,1H3,(H,16,18). The molecule has 2 aromatic rings. The number of unbranched alkanes of at least 4 members (excludes halogenated alkanes) is 1. The third-order valence-corrected chi connectivity index (χ3v) is 2.83. The molecule has 1 heterocycles. The molecule has 3 heteroatoms. The Kier molecular flexibility index (Phi) is 4.18. The van der Waals surface area contributed by atoms with Crippen LogP contribution in [0.2, 0.25) is 0 Å². The summed E-state index contributed by atoms with van der Waals surface area (Å²) in [6.07, 6.45) is 6.04. The summed E-state index contributed by atoms with van der Waals surface area (Å²) in [5.74, 6) is -0.00236. The number of nitrogens with one attached hydrogen (secondary N) is 1. The van der Waals surface area contributed by atoms with Gasteiger partial charge in [0.2, 0.25) is 0 Å². The van der Waals surface area contributed by atoms with Crippen molar-refractivity contribution < 1.29 is 4.79 Å². The maximum atomic E-state index is 11.9. The Balaban J connectivity index is 2.10. The van der Waals surface area contributed by atoms with Gasteiger partial charge in [0.25, 0.3) is 5.91 Å². The molecule has 0 spiro atoms. The van der Waals surface area contributed by atoms with Crippen molar-refractivity contribution in [1.82, 2.24) is 9.88 Å². The highest BCUT2D eigenvalue weighted by Gasteiger charge is 2.05. The van der Waals surface area contributed by atoms with Crippen molar-refractivity contribution in [2.75, 3.05) is 6.54 Å². The predicted molar refractivity (Wildman–Crippen MR) is 73.0 cm³/mol. The van der Waals surface area contributed by atoms with Crippen molar-refractivity contribution in [3.8, 4) is 5.69 Å². The molecule has 1 amide bonds. The van der Waals surface area contributed by atoms with Gasteiger partial charge in [-0.2, -0.15) is 0 Å². The van der Waals surface area contributed by atoms with Crippen molar-refractivity contribution in [2.45, 2.75) is 19.8 Å². The van der Waals surface area contributed by atoms with E-state index in [1.807, 2.05) is 53.4 Å². The minimum Gasteiger partial charge on any atom is -0.352 e. The van der Waals surface area contributed by atoms with Crippen molar-refractivity contribution in [3.05, 3.63) is 54.4 Å². The molecule has 18 heavy (non-hydrogen) atoms. The maximum Gasteiger partial charge on any atom is 0.251 e. The third-order valence-electron chi connectivity index (χ3n) is 2.83. The first kappa shape index (κ1) is 12.4. The van der Waals surface area contributed by atoms with E-state index in [0.29, 0.717) is 5.56 Å². The predicted octanol–water partition coefficient (Wildman–Crippen LogP) is 3.01. The Hall–Kier alpha value is -2.03. The van der Waals surface area contributed by atoms with Crippen LogP contribution >= 0.6 is 0 Å². The topological polar surface area (TPSA) is 34.0 Å². The van der Waals surface area contributed by atoms with Crippen molar-refractivity contribution in [1.29, 1.82) is 0 Å². The van der Waals surface area contributed by atoms with Crippen LogP contribution < -0.4 is 5.32 Å². The summed E-state index contributed by atoms with van der Waals surface area (Å²) >= 11 is 0.